The molecular formula is C25H33N5O4S. The number of ether oxygens (including phenoxy) is 1. The minimum atomic E-state index is -3.52. The first-order chi connectivity index (χ1) is 16.9. The lowest BCUT2D eigenvalue weighted by Crippen LogP contribution is -2.35. The van der Waals surface area contributed by atoms with Gasteiger partial charge in [0.2, 0.25) is 21.8 Å². The number of benzene rings is 1. The molecule has 10 heteroatoms. The number of amides is 1. The Balaban J connectivity index is 1.40. The van der Waals surface area contributed by atoms with E-state index in [4.69, 9.17) is 4.74 Å². The van der Waals surface area contributed by atoms with Crippen LogP contribution in [0.3, 0.4) is 0 Å². The summed E-state index contributed by atoms with van der Waals surface area (Å²) in [5.41, 5.74) is 2.29. The van der Waals surface area contributed by atoms with E-state index in [-0.39, 0.29) is 17.2 Å². The number of rotatable bonds is 10. The van der Waals surface area contributed by atoms with Gasteiger partial charge in [-0.2, -0.15) is 4.31 Å². The zero-order valence-corrected chi connectivity index (χ0v) is 21.2. The van der Waals surface area contributed by atoms with Gasteiger partial charge in [-0.3, -0.25) is 4.79 Å². The number of carbonyl (C=O) groups is 1. The number of hydrogen-bond donors (Lipinski definition) is 1. The van der Waals surface area contributed by atoms with Gasteiger partial charge in [-0.05, 0) is 43.5 Å². The predicted molar refractivity (Wildman–Crippen MR) is 134 cm³/mol. The van der Waals surface area contributed by atoms with Crippen molar-refractivity contribution in [3.05, 3.63) is 47.9 Å². The Hall–Kier alpha value is -2.98. The summed E-state index contributed by atoms with van der Waals surface area (Å²) < 4.78 is 35.2. The first kappa shape index (κ1) is 25.1. The Morgan fingerprint density at radius 2 is 1.97 bits per heavy atom. The van der Waals surface area contributed by atoms with Crippen molar-refractivity contribution in [3.8, 4) is 5.88 Å². The third-order valence-corrected chi connectivity index (χ3v) is 8.14. The van der Waals surface area contributed by atoms with E-state index in [9.17, 15) is 13.2 Å². The lowest BCUT2D eigenvalue weighted by Gasteiger charge is -2.25. The van der Waals surface area contributed by atoms with Gasteiger partial charge in [0, 0.05) is 51.3 Å². The van der Waals surface area contributed by atoms with Crippen LogP contribution in [0.2, 0.25) is 0 Å². The van der Waals surface area contributed by atoms with Crippen LogP contribution in [0.15, 0.2) is 41.4 Å². The molecule has 0 unspecified atom stereocenters. The molecule has 0 aliphatic carbocycles. The van der Waals surface area contributed by atoms with Gasteiger partial charge in [0.1, 0.15) is 5.82 Å². The normalized spacial score (nSPS) is 14.8. The highest BCUT2D eigenvalue weighted by Crippen LogP contribution is 2.25. The molecule has 0 saturated carbocycles. The lowest BCUT2D eigenvalue weighted by atomic mass is 10.2. The van der Waals surface area contributed by atoms with Crippen molar-refractivity contribution in [1.29, 1.82) is 0 Å². The van der Waals surface area contributed by atoms with Gasteiger partial charge in [0.15, 0.2) is 0 Å². The van der Waals surface area contributed by atoms with E-state index >= 15 is 0 Å². The second-order valence-electron chi connectivity index (χ2n) is 8.80. The van der Waals surface area contributed by atoms with E-state index in [1.54, 1.807) is 28.7 Å². The van der Waals surface area contributed by atoms with E-state index < -0.39 is 10.0 Å². The minimum absolute atomic E-state index is 0.101. The zero-order valence-electron chi connectivity index (χ0n) is 20.4. The van der Waals surface area contributed by atoms with Crippen molar-refractivity contribution in [1.82, 2.24) is 24.2 Å². The molecular weight excluding hydrogens is 466 g/mol. The van der Waals surface area contributed by atoms with Gasteiger partial charge < -0.3 is 14.6 Å². The molecule has 188 valence electrons. The van der Waals surface area contributed by atoms with Crippen LogP contribution in [0.4, 0.5) is 0 Å². The highest BCUT2D eigenvalue weighted by atomic mass is 32.2. The molecule has 0 spiro atoms. The number of aryl methyl sites for hydroxylation is 2. The maximum absolute atomic E-state index is 13.0. The van der Waals surface area contributed by atoms with E-state index in [2.05, 4.69) is 15.3 Å². The maximum atomic E-state index is 13.0. The summed E-state index contributed by atoms with van der Waals surface area (Å²) in [4.78, 5) is 21.7. The monoisotopic (exact) mass is 499 g/mol. The fourth-order valence-electron chi connectivity index (χ4n) is 4.26. The Kier molecular flexibility index (Phi) is 8.02. The van der Waals surface area contributed by atoms with Gasteiger partial charge in [-0.25, -0.2) is 18.4 Å². The number of aromatic nitrogens is 3. The third kappa shape index (κ3) is 5.82. The molecule has 1 aliphatic rings. The SMILES string of the molecule is CCCOc1ncccc1CNC(=O)CCc1nc2cc(S(=O)(=O)N3CCCCC3)ccc2n1C. The summed E-state index contributed by atoms with van der Waals surface area (Å²) in [5.74, 6) is 1.17. The van der Waals surface area contributed by atoms with Crippen molar-refractivity contribution in [2.24, 2.45) is 7.05 Å². The molecule has 35 heavy (non-hydrogen) atoms. The lowest BCUT2D eigenvalue weighted by molar-refractivity contribution is -0.121. The summed E-state index contributed by atoms with van der Waals surface area (Å²) in [5, 5.41) is 2.92. The molecule has 9 nitrogen and oxygen atoms in total. The zero-order chi connectivity index (χ0) is 24.8. The number of pyridine rings is 1. The van der Waals surface area contributed by atoms with E-state index in [0.717, 1.165) is 42.6 Å². The molecule has 0 radical (unpaired) electrons. The maximum Gasteiger partial charge on any atom is 0.243 e. The largest absolute Gasteiger partial charge is 0.477 e. The number of imidazole rings is 1. The van der Waals surface area contributed by atoms with Crippen molar-refractivity contribution >= 4 is 27.0 Å². The fourth-order valence-corrected chi connectivity index (χ4v) is 5.80. The molecule has 3 aromatic rings. The molecule has 1 saturated heterocycles. The van der Waals surface area contributed by atoms with E-state index in [1.807, 2.05) is 30.7 Å². The highest BCUT2D eigenvalue weighted by Gasteiger charge is 2.26. The van der Waals surface area contributed by atoms with Crippen molar-refractivity contribution < 1.29 is 17.9 Å². The van der Waals surface area contributed by atoms with Gasteiger partial charge in [-0.15, -0.1) is 0 Å². The van der Waals surface area contributed by atoms with Gasteiger partial charge in [0.25, 0.3) is 0 Å². The Morgan fingerprint density at radius 3 is 2.74 bits per heavy atom. The molecule has 1 N–H and O–H groups in total. The summed E-state index contributed by atoms with van der Waals surface area (Å²) in [6, 6.07) is 8.79. The molecule has 0 bridgehead atoms. The Morgan fingerprint density at radius 1 is 1.17 bits per heavy atom. The number of sulfonamides is 1. The van der Waals surface area contributed by atoms with Gasteiger partial charge >= 0.3 is 0 Å². The summed E-state index contributed by atoms with van der Waals surface area (Å²) in [6.45, 7) is 4.07. The average molecular weight is 500 g/mol. The summed E-state index contributed by atoms with van der Waals surface area (Å²) in [7, 11) is -1.64. The van der Waals surface area contributed by atoms with Gasteiger partial charge in [-0.1, -0.05) is 19.4 Å². The van der Waals surface area contributed by atoms with Crippen molar-refractivity contribution in [3.63, 3.8) is 0 Å². The molecule has 1 aromatic carbocycles. The highest BCUT2D eigenvalue weighted by molar-refractivity contribution is 7.89. The Bertz CT molecular complexity index is 1280. The van der Waals surface area contributed by atoms with E-state index in [0.29, 0.717) is 44.1 Å². The molecule has 2 aromatic heterocycles. The van der Waals surface area contributed by atoms with Crippen LogP contribution < -0.4 is 10.1 Å². The van der Waals surface area contributed by atoms with Crippen LogP contribution in [0.5, 0.6) is 5.88 Å². The molecule has 1 aliphatic heterocycles. The van der Waals surface area contributed by atoms with Crippen LogP contribution in [0.1, 0.15) is 50.4 Å². The molecule has 3 heterocycles. The summed E-state index contributed by atoms with van der Waals surface area (Å²) >= 11 is 0. The second-order valence-corrected chi connectivity index (χ2v) is 10.7. The fraction of sp³-hybridized carbons (Fsp3) is 0.480. The van der Waals surface area contributed by atoms with Gasteiger partial charge in [0.05, 0.1) is 22.5 Å². The smallest absolute Gasteiger partial charge is 0.243 e. The van der Waals surface area contributed by atoms with Crippen LogP contribution in [0, 0.1) is 0 Å². The minimum Gasteiger partial charge on any atom is -0.477 e. The molecule has 4 rings (SSSR count). The van der Waals surface area contributed by atoms with Crippen LogP contribution in [0.25, 0.3) is 11.0 Å². The number of nitrogens with one attached hydrogen (secondary N) is 1. The third-order valence-electron chi connectivity index (χ3n) is 6.24. The van der Waals surface area contributed by atoms with Crippen molar-refractivity contribution in [2.75, 3.05) is 19.7 Å². The quantitative estimate of drug-likeness (QED) is 0.459. The molecule has 0 atom stereocenters. The second kappa shape index (κ2) is 11.2. The Labute approximate surface area is 206 Å². The molecule has 1 fully saturated rings. The summed E-state index contributed by atoms with van der Waals surface area (Å²) in [6.07, 6.45) is 6.12. The van der Waals surface area contributed by atoms with E-state index in [1.165, 1.54) is 0 Å². The van der Waals surface area contributed by atoms with Crippen LogP contribution in [-0.4, -0.2) is 52.9 Å². The number of hydrogen-bond acceptors (Lipinski definition) is 6. The standard InChI is InChI=1S/C25H33N5O4S/c1-3-16-34-25-19(8-7-13-26-25)18-27-24(31)12-11-23-28-21-17-20(9-10-22(21)29(23)2)35(32,33)30-14-5-4-6-15-30/h7-10,13,17H,3-6,11-12,14-16,18H2,1-2H3,(H,27,31). The first-order valence-corrected chi connectivity index (χ1v) is 13.6. The van der Waals surface area contributed by atoms with Crippen molar-refractivity contribution in [2.45, 2.75) is 56.9 Å². The number of carbonyl (C=O) groups excluding carboxylic acids is 1. The number of nitrogens with zero attached hydrogens (tertiary/aromatic N) is 4. The molecule has 1 amide bonds. The average Bonchev–Trinajstić information content (AvgIpc) is 3.20. The first-order valence-electron chi connectivity index (χ1n) is 12.2. The van der Waals surface area contributed by atoms with Crippen LogP contribution >= 0.6 is 0 Å². The topological polar surface area (TPSA) is 106 Å². The number of piperidine rings is 1. The number of fused-ring (bicyclic) bond motifs is 1. The van der Waals surface area contributed by atoms with Crippen LogP contribution in [-0.2, 0) is 34.8 Å². The predicted octanol–water partition coefficient (Wildman–Crippen LogP) is 3.18.